The predicted molar refractivity (Wildman–Crippen MR) is 118 cm³/mol. The molecule has 3 amide bonds. The first-order chi connectivity index (χ1) is 15.5. The summed E-state index contributed by atoms with van der Waals surface area (Å²) in [6, 6.07) is 14.6. The minimum absolute atomic E-state index is 0.110. The van der Waals surface area contributed by atoms with E-state index in [9.17, 15) is 18.8 Å². The first-order valence-corrected chi connectivity index (χ1v) is 10.9. The number of nitrogens with one attached hydrogen (secondary N) is 2. The van der Waals surface area contributed by atoms with Crippen LogP contribution in [0.2, 0.25) is 0 Å². The van der Waals surface area contributed by atoms with Crippen molar-refractivity contribution in [2.75, 3.05) is 16.8 Å². The van der Waals surface area contributed by atoms with E-state index in [1.54, 1.807) is 12.1 Å². The van der Waals surface area contributed by atoms with E-state index < -0.39 is 12.0 Å². The van der Waals surface area contributed by atoms with E-state index in [0.717, 1.165) is 19.3 Å². The van der Waals surface area contributed by atoms with Crippen LogP contribution in [0.25, 0.3) is 0 Å². The lowest BCUT2D eigenvalue weighted by Gasteiger charge is -2.30. The van der Waals surface area contributed by atoms with Crippen molar-refractivity contribution in [2.24, 2.45) is 5.92 Å². The lowest BCUT2D eigenvalue weighted by Crippen LogP contribution is -2.44. The van der Waals surface area contributed by atoms with Gasteiger partial charge in [0.1, 0.15) is 11.9 Å². The molecule has 1 aliphatic heterocycles. The highest BCUT2D eigenvalue weighted by Crippen LogP contribution is 2.27. The van der Waals surface area contributed by atoms with Crippen LogP contribution in [0.3, 0.4) is 0 Å². The third kappa shape index (κ3) is 5.43. The minimum atomic E-state index is -0.510. The molecule has 168 valence electrons. The van der Waals surface area contributed by atoms with Gasteiger partial charge in [0.25, 0.3) is 0 Å². The Balaban J connectivity index is 1.27. The van der Waals surface area contributed by atoms with Crippen molar-refractivity contribution in [3.63, 3.8) is 0 Å². The van der Waals surface area contributed by atoms with Gasteiger partial charge in [-0.15, -0.1) is 0 Å². The monoisotopic (exact) mass is 439 g/mol. The highest BCUT2D eigenvalue weighted by atomic mass is 19.1. The van der Waals surface area contributed by atoms with Crippen molar-refractivity contribution in [3.05, 3.63) is 60.4 Å². The number of nitrogens with zero attached hydrogens (tertiary/aromatic N) is 1. The van der Waals surface area contributed by atoms with E-state index in [0.29, 0.717) is 17.8 Å². The molecule has 4 rings (SSSR count). The Morgan fingerprint density at radius 2 is 1.78 bits per heavy atom. The Labute approximate surface area is 185 Å². The number of ether oxygens (including phenoxy) is 1. The van der Waals surface area contributed by atoms with E-state index in [1.807, 2.05) is 18.2 Å². The third-order valence-corrected chi connectivity index (χ3v) is 5.90. The highest BCUT2D eigenvalue weighted by molar-refractivity contribution is 6.00. The van der Waals surface area contributed by atoms with E-state index in [1.165, 1.54) is 29.2 Å². The van der Waals surface area contributed by atoms with Gasteiger partial charge in [0.15, 0.2) is 0 Å². The first-order valence-electron chi connectivity index (χ1n) is 10.9. The Morgan fingerprint density at radius 1 is 1.03 bits per heavy atom. The fraction of sp³-hybridized carbons (Fsp3) is 0.375. The van der Waals surface area contributed by atoms with Gasteiger partial charge in [0.2, 0.25) is 11.8 Å². The molecule has 3 atom stereocenters. The van der Waals surface area contributed by atoms with E-state index >= 15 is 0 Å². The van der Waals surface area contributed by atoms with Crippen molar-refractivity contribution >= 4 is 29.3 Å². The summed E-state index contributed by atoms with van der Waals surface area (Å²) in [6.07, 6.45) is 2.25. The van der Waals surface area contributed by atoms with Gasteiger partial charge < -0.3 is 15.0 Å². The Bertz CT molecular complexity index is 967. The predicted octanol–water partition coefficient (Wildman–Crippen LogP) is 3.85. The summed E-state index contributed by atoms with van der Waals surface area (Å²) < 4.78 is 18.7. The number of para-hydroxylation sites is 1. The van der Waals surface area contributed by atoms with Crippen LogP contribution in [0.15, 0.2) is 54.6 Å². The second kappa shape index (κ2) is 9.80. The number of rotatable bonds is 5. The van der Waals surface area contributed by atoms with Crippen LogP contribution in [0, 0.1) is 11.7 Å². The molecule has 2 aromatic carbocycles. The molecule has 2 aliphatic rings. The SMILES string of the molecule is O=C(Nc1ccccc1)O[C@@H]1CCC[C@@H](NC(=O)[C@H]2CC(=O)N(c3ccc(F)cc3)C2)C1. The molecule has 7 nitrogen and oxygen atoms in total. The largest absolute Gasteiger partial charge is 0.446 e. The summed E-state index contributed by atoms with van der Waals surface area (Å²) >= 11 is 0. The molecular formula is C24H26FN3O4. The molecule has 1 heterocycles. The Morgan fingerprint density at radius 3 is 2.53 bits per heavy atom. The molecule has 0 bridgehead atoms. The molecule has 0 radical (unpaired) electrons. The van der Waals surface area contributed by atoms with Crippen molar-refractivity contribution < 1.29 is 23.5 Å². The molecule has 2 aromatic rings. The molecule has 0 aromatic heterocycles. The molecule has 2 N–H and O–H groups in total. The van der Waals surface area contributed by atoms with Crippen LogP contribution in [-0.4, -0.2) is 36.6 Å². The van der Waals surface area contributed by atoms with E-state index in [-0.39, 0.29) is 42.7 Å². The van der Waals surface area contributed by atoms with Gasteiger partial charge in [-0.2, -0.15) is 0 Å². The van der Waals surface area contributed by atoms with E-state index in [2.05, 4.69) is 10.6 Å². The Hall–Kier alpha value is -3.42. The number of halogens is 1. The molecule has 2 fully saturated rings. The van der Waals surface area contributed by atoms with Gasteiger partial charge in [-0.3, -0.25) is 14.9 Å². The van der Waals surface area contributed by atoms with E-state index in [4.69, 9.17) is 4.74 Å². The van der Waals surface area contributed by atoms with Crippen LogP contribution < -0.4 is 15.5 Å². The standard InChI is InChI=1S/C24H26FN3O4/c25-17-9-11-20(12-10-17)28-15-16(13-22(28)29)23(30)26-19-7-4-8-21(14-19)32-24(31)27-18-5-2-1-3-6-18/h1-3,5-6,9-12,16,19,21H,4,7-8,13-15H2,(H,26,30)(H,27,31)/t16-,19+,21+/m0/s1. The molecule has 1 saturated carbocycles. The maximum atomic E-state index is 13.2. The molecule has 32 heavy (non-hydrogen) atoms. The van der Waals surface area contributed by atoms with Crippen LogP contribution in [0.5, 0.6) is 0 Å². The molecule has 8 heteroatoms. The minimum Gasteiger partial charge on any atom is -0.446 e. The van der Waals surface area contributed by atoms with Crippen molar-refractivity contribution in [1.29, 1.82) is 0 Å². The number of hydrogen-bond acceptors (Lipinski definition) is 4. The van der Waals surface area contributed by atoms with Gasteiger partial charge in [0, 0.05) is 36.8 Å². The number of carbonyl (C=O) groups is 3. The number of anilines is 2. The number of carbonyl (C=O) groups excluding carboxylic acids is 3. The van der Waals surface area contributed by atoms with Crippen molar-refractivity contribution in [1.82, 2.24) is 5.32 Å². The van der Waals surface area contributed by atoms with Gasteiger partial charge in [-0.05, 0) is 55.7 Å². The van der Waals surface area contributed by atoms with Crippen LogP contribution in [-0.2, 0) is 14.3 Å². The zero-order valence-electron chi connectivity index (χ0n) is 17.6. The van der Waals surface area contributed by atoms with Crippen LogP contribution in [0.1, 0.15) is 32.1 Å². The highest BCUT2D eigenvalue weighted by Gasteiger charge is 2.36. The molecule has 1 saturated heterocycles. The average molecular weight is 439 g/mol. The quantitative estimate of drug-likeness (QED) is 0.741. The maximum absolute atomic E-state index is 13.2. The summed E-state index contributed by atoms with van der Waals surface area (Å²) in [5.41, 5.74) is 1.25. The number of amides is 3. The topological polar surface area (TPSA) is 87.7 Å². The zero-order valence-corrected chi connectivity index (χ0v) is 17.6. The molecule has 0 spiro atoms. The molecule has 1 aliphatic carbocycles. The fourth-order valence-corrected chi connectivity index (χ4v) is 4.28. The Kier molecular flexibility index (Phi) is 6.68. The summed E-state index contributed by atoms with van der Waals surface area (Å²) in [5, 5.41) is 5.73. The summed E-state index contributed by atoms with van der Waals surface area (Å²) in [4.78, 5) is 38.8. The summed E-state index contributed by atoms with van der Waals surface area (Å²) in [7, 11) is 0. The van der Waals surface area contributed by atoms with Crippen molar-refractivity contribution in [2.45, 2.75) is 44.2 Å². The normalized spacial score (nSPS) is 23.0. The maximum Gasteiger partial charge on any atom is 0.411 e. The van der Waals surface area contributed by atoms with Crippen molar-refractivity contribution in [3.8, 4) is 0 Å². The summed E-state index contributed by atoms with van der Waals surface area (Å²) in [6.45, 7) is 0.266. The fourth-order valence-electron chi connectivity index (χ4n) is 4.28. The van der Waals surface area contributed by atoms with Crippen LogP contribution in [0.4, 0.5) is 20.6 Å². The summed E-state index contributed by atoms with van der Waals surface area (Å²) in [5.74, 6) is -1.17. The van der Waals surface area contributed by atoms with Gasteiger partial charge in [-0.25, -0.2) is 9.18 Å². The van der Waals surface area contributed by atoms with Gasteiger partial charge >= 0.3 is 6.09 Å². The first kappa shape index (κ1) is 21.8. The van der Waals surface area contributed by atoms with Crippen LogP contribution >= 0.6 is 0 Å². The van der Waals surface area contributed by atoms with Gasteiger partial charge in [-0.1, -0.05) is 18.2 Å². The average Bonchev–Trinajstić information content (AvgIpc) is 3.17. The molecular weight excluding hydrogens is 413 g/mol. The second-order valence-electron chi connectivity index (χ2n) is 8.27. The zero-order chi connectivity index (χ0) is 22.5. The smallest absolute Gasteiger partial charge is 0.411 e. The number of benzene rings is 2. The number of hydrogen-bond donors (Lipinski definition) is 2. The van der Waals surface area contributed by atoms with Gasteiger partial charge in [0.05, 0.1) is 5.92 Å². The lowest BCUT2D eigenvalue weighted by molar-refractivity contribution is -0.127. The molecule has 0 unspecified atom stereocenters. The lowest BCUT2D eigenvalue weighted by atomic mass is 9.92. The third-order valence-electron chi connectivity index (χ3n) is 5.90. The second-order valence-corrected chi connectivity index (χ2v) is 8.27.